The number of aromatic nitrogens is 1. The van der Waals surface area contributed by atoms with E-state index >= 15 is 0 Å². The summed E-state index contributed by atoms with van der Waals surface area (Å²) in [5.41, 5.74) is 4.57. The van der Waals surface area contributed by atoms with Crippen LogP contribution in [0.2, 0.25) is 0 Å². The molecule has 2 aromatic carbocycles. The van der Waals surface area contributed by atoms with E-state index in [1.165, 1.54) is 23.6 Å². The first-order valence-corrected chi connectivity index (χ1v) is 8.31. The Labute approximate surface area is 148 Å². The van der Waals surface area contributed by atoms with Gasteiger partial charge >= 0.3 is 5.97 Å². The maximum atomic E-state index is 12.1. The van der Waals surface area contributed by atoms with Crippen LogP contribution < -0.4 is 4.74 Å². The zero-order valence-corrected chi connectivity index (χ0v) is 15.1. The summed E-state index contributed by atoms with van der Waals surface area (Å²) < 4.78 is 12.4. The highest BCUT2D eigenvalue weighted by molar-refractivity contribution is 5.87. The summed E-state index contributed by atoms with van der Waals surface area (Å²) in [7, 11) is 5.14. The molecule has 0 amide bonds. The Balaban J connectivity index is 2.17. The van der Waals surface area contributed by atoms with Gasteiger partial charge < -0.3 is 14.0 Å². The number of hydrogen-bond acceptors (Lipinski definition) is 3. The molecule has 0 aliphatic carbocycles. The van der Waals surface area contributed by atoms with Crippen LogP contribution in [-0.4, -0.2) is 24.8 Å². The molecule has 0 bridgehead atoms. The van der Waals surface area contributed by atoms with Gasteiger partial charge in [-0.15, -0.1) is 0 Å². The van der Waals surface area contributed by atoms with E-state index in [2.05, 4.69) is 30.7 Å². The summed E-state index contributed by atoms with van der Waals surface area (Å²) in [6, 6.07) is 16.2. The van der Waals surface area contributed by atoms with Crippen LogP contribution in [-0.2, 0) is 16.6 Å². The van der Waals surface area contributed by atoms with Gasteiger partial charge in [-0.25, -0.2) is 0 Å². The Morgan fingerprint density at radius 2 is 1.76 bits per heavy atom. The number of carbonyl (C=O) groups excluding carboxylic acids is 1. The van der Waals surface area contributed by atoms with Crippen molar-refractivity contribution in [3.63, 3.8) is 0 Å². The van der Waals surface area contributed by atoms with E-state index in [9.17, 15) is 4.79 Å². The minimum Gasteiger partial charge on any atom is -0.497 e. The fraction of sp³-hybridized carbons (Fsp3) is 0.286. The summed E-state index contributed by atoms with van der Waals surface area (Å²) in [5.74, 6) is 0.521. The molecule has 0 aliphatic rings. The molecular formula is C21H23NO3. The molecule has 0 spiro atoms. The lowest BCUT2D eigenvalue weighted by atomic mass is 9.86. The zero-order chi connectivity index (χ0) is 18.0. The zero-order valence-electron chi connectivity index (χ0n) is 15.1. The highest BCUT2D eigenvalue weighted by Crippen LogP contribution is 2.37. The van der Waals surface area contributed by atoms with Crippen molar-refractivity contribution in [3.8, 4) is 5.75 Å². The third-order valence-corrected chi connectivity index (χ3v) is 4.91. The van der Waals surface area contributed by atoms with E-state index < -0.39 is 0 Å². The fourth-order valence-electron chi connectivity index (χ4n) is 3.46. The summed E-state index contributed by atoms with van der Waals surface area (Å²) in [5, 5.41) is 1.17. The molecule has 130 valence electrons. The second kappa shape index (κ2) is 7.01. The van der Waals surface area contributed by atoms with Crippen LogP contribution >= 0.6 is 0 Å². The average Bonchev–Trinajstić information content (AvgIpc) is 2.91. The van der Waals surface area contributed by atoms with E-state index in [4.69, 9.17) is 9.47 Å². The van der Waals surface area contributed by atoms with Crippen molar-refractivity contribution < 1.29 is 14.3 Å². The van der Waals surface area contributed by atoms with Crippen LogP contribution in [0.15, 0.2) is 48.5 Å². The third-order valence-electron chi connectivity index (χ3n) is 4.91. The molecule has 0 fully saturated rings. The van der Waals surface area contributed by atoms with Crippen LogP contribution in [0.1, 0.15) is 29.2 Å². The Bertz CT molecular complexity index is 893. The molecule has 1 heterocycles. The van der Waals surface area contributed by atoms with Crippen molar-refractivity contribution in [1.82, 2.24) is 4.57 Å². The topological polar surface area (TPSA) is 40.5 Å². The molecule has 0 saturated carbocycles. The monoisotopic (exact) mass is 337 g/mol. The minimum absolute atomic E-state index is 0.0653. The molecule has 4 nitrogen and oxygen atoms in total. The number of esters is 1. The third kappa shape index (κ3) is 3.12. The number of aryl methyl sites for hydroxylation is 1. The van der Waals surface area contributed by atoms with Crippen molar-refractivity contribution in [1.29, 1.82) is 0 Å². The Hall–Kier alpha value is -2.75. The van der Waals surface area contributed by atoms with E-state index in [1.54, 1.807) is 7.11 Å². The van der Waals surface area contributed by atoms with E-state index in [0.717, 1.165) is 17.0 Å². The second-order valence-corrected chi connectivity index (χ2v) is 6.18. The fourth-order valence-corrected chi connectivity index (χ4v) is 3.46. The van der Waals surface area contributed by atoms with Crippen molar-refractivity contribution in [2.45, 2.75) is 19.3 Å². The molecular weight excluding hydrogens is 314 g/mol. The Morgan fingerprint density at radius 1 is 1.08 bits per heavy atom. The highest BCUT2D eigenvalue weighted by atomic mass is 16.5. The van der Waals surface area contributed by atoms with Gasteiger partial charge in [-0.05, 0) is 36.2 Å². The van der Waals surface area contributed by atoms with Crippen molar-refractivity contribution in [3.05, 3.63) is 65.4 Å². The maximum Gasteiger partial charge on any atom is 0.306 e. The standard InChI is InChI=1S/C21H23NO3/c1-14-21(17-7-5-6-8-19(17)22(14)2)18(13-20(23)25-4)15-9-11-16(24-3)12-10-15/h5-12,18H,13H2,1-4H3. The first-order chi connectivity index (χ1) is 12.1. The average molecular weight is 337 g/mol. The van der Waals surface area contributed by atoms with Crippen molar-refractivity contribution >= 4 is 16.9 Å². The van der Waals surface area contributed by atoms with Gasteiger partial charge in [0.25, 0.3) is 0 Å². The number of para-hydroxylation sites is 1. The summed E-state index contributed by atoms with van der Waals surface area (Å²) in [4.78, 5) is 12.1. The number of benzene rings is 2. The molecule has 0 N–H and O–H groups in total. The minimum atomic E-state index is -0.215. The Kier molecular flexibility index (Phi) is 4.79. The largest absolute Gasteiger partial charge is 0.497 e. The predicted molar refractivity (Wildman–Crippen MR) is 99.1 cm³/mol. The lowest BCUT2D eigenvalue weighted by molar-refractivity contribution is -0.140. The molecule has 3 rings (SSSR count). The molecule has 0 radical (unpaired) electrons. The van der Waals surface area contributed by atoms with Crippen molar-refractivity contribution in [2.24, 2.45) is 7.05 Å². The second-order valence-electron chi connectivity index (χ2n) is 6.18. The van der Waals surface area contributed by atoms with Gasteiger partial charge in [-0.2, -0.15) is 0 Å². The number of rotatable bonds is 5. The number of carbonyl (C=O) groups is 1. The number of hydrogen-bond donors (Lipinski definition) is 0. The molecule has 25 heavy (non-hydrogen) atoms. The van der Waals surface area contributed by atoms with Crippen LogP contribution in [0.4, 0.5) is 0 Å². The summed E-state index contributed by atoms with van der Waals surface area (Å²) >= 11 is 0. The number of methoxy groups -OCH3 is 2. The van der Waals surface area contributed by atoms with Crippen LogP contribution in [0, 0.1) is 6.92 Å². The van der Waals surface area contributed by atoms with E-state index in [-0.39, 0.29) is 11.9 Å². The Morgan fingerprint density at radius 3 is 2.40 bits per heavy atom. The van der Waals surface area contributed by atoms with Crippen LogP contribution in [0.3, 0.4) is 0 Å². The van der Waals surface area contributed by atoms with Gasteiger partial charge in [0.05, 0.1) is 20.6 Å². The van der Waals surface area contributed by atoms with E-state index in [1.807, 2.05) is 36.4 Å². The van der Waals surface area contributed by atoms with Crippen molar-refractivity contribution in [2.75, 3.05) is 14.2 Å². The summed E-state index contributed by atoms with van der Waals surface area (Å²) in [6.07, 6.45) is 0.303. The molecule has 0 saturated heterocycles. The lowest BCUT2D eigenvalue weighted by Gasteiger charge is -2.18. The van der Waals surface area contributed by atoms with Gasteiger partial charge in [0.1, 0.15) is 5.75 Å². The normalized spacial score (nSPS) is 12.2. The first-order valence-electron chi connectivity index (χ1n) is 8.31. The molecule has 4 heteroatoms. The molecule has 1 atom stereocenters. The summed E-state index contributed by atoms with van der Waals surface area (Å²) in [6.45, 7) is 2.10. The smallest absolute Gasteiger partial charge is 0.306 e. The molecule has 1 aromatic heterocycles. The lowest BCUT2D eigenvalue weighted by Crippen LogP contribution is -2.11. The van der Waals surface area contributed by atoms with Gasteiger partial charge in [0, 0.05) is 29.6 Å². The maximum absolute atomic E-state index is 12.1. The van der Waals surface area contributed by atoms with Crippen LogP contribution in [0.25, 0.3) is 10.9 Å². The predicted octanol–water partition coefficient (Wildman–Crippen LogP) is 4.19. The van der Waals surface area contributed by atoms with Gasteiger partial charge in [0.2, 0.25) is 0 Å². The number of nitrogens with zero attached hydrogens (tertiary/aromatic N) is 1. The van der Waals surface area contributed by atoms with Gasteiger partial charge in [0.15, 0.2) is 0 Å². The highest BCUT2D eigenvalue weighted by Gasteiger charge is 2.25. The van der Waals surface area contributed by atoms with Gasteiger partial charge in [-0.1, -0.05) is 30.3 Å². The van der Waals surface area contributed by atoms with Crippen LogP contribution in [0.5, 0.6) is 5.75 Å². The first kappa shape index (κ1) is 17.1. The van der Waals surface area contributed by atoms with E-state index in [0.29, 0.717) is 6.42 Å². The molecule has 3 aromatic rings. The molecule has 1 unspecified atom stereocenters. The SMILES string of the molecule is COC(=O)CC(c1ccc(OC)cc1)c1c(C)n(C)c2ccccc12. The molecule has 0 aliphatic heterocycles. The van der Waals surface area contributed by atoms with Gasteiger partial charge in [-0.3, -0.25) is 4.79 Å². The quantitative estimate of drug-likeness (QED) is 0.656. The number of fused-ring (bicyclic) bond motifs is 1. The number of ether oxygens (including phenoxy) is 2.